The van der Waals surface area contributed by atoms with Crippen molar-refractivity contribution in [3.63, 3.8) is 0 Å². The van der Waals surface area contributed by atoms with Crippen LogP contribution < -0.4 is 5.32 Å². The third kappa shape index (κ3) is 3.39. The van der Waals surface area contributed by atoms with Crippen molar-refractivity contribution < 1.29 is 19.4 Å². The van der Waals surface area contributed by atoms with Gasteiger partial charge in [0.2, 0.25) is 0 Å². The first kappa shape index (κ1) is 18.3. The first-order valence-electron chi connectivity index (χ1n) is 8.96. The summed E-state index contributed by atoms with van der Waals surface area (Å²) in [5.41, 5.74) is 5.54. The molecule has 2 aromatic carbocycles. The Morgan fingerprint density at radius 1 is 1.07 bits per heavy atom. The number of carbonyl (C=O) groups excluding carboxylic acids is 1. The monoisotopic (exact) mass is 393 g/mol. The number of amides is 1. The van der Waals surface area contributed by atoms with Crippen LogP contribution in [0.4, 0.5) is 4.79 Å². The van der Waals surface area contributed by atoms with Gasteiger partial charge in [-0.15, -0.1) is 11.3 Å². The number of carboxylic acids is 1. The SMILES string of the molecule is Cc1cc(C(=O)O)sc1CNC(=O)OCC1c2ccccc2-c2ccccc21. The standard InChI is InChI=1S/C22H19NO4S/c1-13-10-19(21(24)25)28-20(13)11-23-22(26)27-12-18-16-8-4-2-6-14(16)15-7-3-5-9-17(15)18/h2-10,18H,11-12H2,1H3,(H,23,26)(H,24,25). The van der Waals surface area contributed by atoms with Gasteiger partial charge in [0.1, 0.15) is 11.5 Å². The number of carbonyl (C=O) groups is 2. The Morgan fingerprint density at radius 2 is 1.68 bits per heavy atom. The fourth-order valence-corrected chi connectivity index (χ4v) is 4.56. The maximum Gasteiger partial charge on any atom is 0.407 e. The number of hydrogen-bond donors (Lipinski definition) is 2. The Kier molecular flexibility index (Phi) is 4.88. The molecular weight excluding hydrogens is 374 g/mol. The topological polar surface area (TPSA) is 75.6 Å². The fraction of sp³-hybridized carbons (Fsp3) is 0.182. The first-order valence-corrected chi connectivity index (χ1v) is 9.77. The van der Waals surface area contributed by atoms with E-state index in [0.29, 0.717) is 0 Å². The zero-order chi connectivity index (χ0) is 19.7. The first-order chi connectivity index (χ1) is 13.5. The van der Waals surface area contributed by atoms with Crippen LogP contribution >= 0.6 is 11.3 Å². The molecular formula is C22H19NO4S. The van der Waals surface area contributed by atoms with Crippen molar-refractivity contribution in [3.8, 4) is 11.1 Å². The third-order valence-corrected chi connectivity index (χ3v) is 6.19. The molecule has 5 nitrogen and oxygen atoms in total. The van der Waals surface area contributed by atoms with Crippen molar-refractivity contribution in [1.29, 1.82) is 0 Å². The van der Waals surface area contributed by atoms with Gasteiger partial charge < -0.3 is 15.2 Å². The molecule has 0 bridgehead atoms. The minimum absolute atomic E-state index is 0.0141. The normalized spacial score (nSPS) is 12.3. The highest BCUT2D eigenvalue weighted by Crippen LogP contribution is 2.44. The van der Waals surface area contributed by atoms with Gasteiger partial charge in [-0.05, 0) is 40.8 Å². The van der Waals surface area contributed by atoms with E-state index in [4.69, 9.17) is 9.84 Å². The summed E-state index contributed by atoms with van der Waals surface area (Å²) in [6.07, 6.45) is -0.508. The molecule has 1 aliphatic rings. The van der Waals surface area contributed by atoms with Crippen LogP contribution in [-0.2, 0) is 11.3 Å². The van der Waals surface area contributed by atoms with Gasteiger partial charge in [0.15, 0.2) is 0 Å². The Balaban J connectivity index is 1.41. The molecule has 0 aliphatic heterocycles. The quantitative estimate of drug-likeness (QED) is 0.653. The second-order valence-corrected chi connectivity index (χ2v) is 7.84. The number of nitrogens with one attached hydrogen (secondary N) is 1. The number of alkyl carbamates (subject to hydrolysis) is 1. The van der Waals surface area contributed by atoms with Crippen molar-refractivity contribution in [3.05, 3.63) is 81.0 Å². The van der Waals surface area contributed by atoms with Crippen LogP contribution in [0.15, 0.2) is 54.6 Å². The van der Waals surface area contributed by atoms with Gasteiger partial charge >= 0.3 is 12.1 Å². The predicted octanol–water partition coefficient (Wildman–Crippen LogP) is 4.79. The average Bonchev–Trinajstić information content (AvgIpc) is 3.23. The second kappa shape index (κ2) is 7.48. The second-order valence-electron chi connectivity index (χ2n) is 6.70. The molecule has 2 N–H and O–H groups in total. The van der Waals surface area contributed by atoms with Crippen molar-refractivity contribution in [2.24, 2.45) is 0 Å². The van der Waals surface area contributed by atoms with Crippen LogP contribution in [0, 0.1) is 6.92 Å². The molecule has 1 heterocycles. The number of aromatic carboxylic acids is 1. The molecule has 1 amide bonds. The Hall–Kier alpha value is -3.12. The molecule has 0 spiro atoms. The zero-order valence-electron chi connectivity index (χ0n) is 15.3. The molecule has 4 rings (SSSR count). The van der Waals surface area contributed by atoms with Crippen LogP contribution in [0.3, 0.4) is 0 Å². The van der Waals surface area contributed by atoms with E-state index in [1.54, 1.807) is 6.07 Å². The van der Waals surface area contributed by atoms with Crippen LogP contribution in [0.5, 0.6) is 0 Å². The molecule has 28 heavy (non-hydrogen) atoms. The number of ether oxygens (including phenoxy) is 1. The third-order valence-electron chi connectivity index (χ3n) is 4.97. The van der Waals surface area contributed by atoms with Crippen molar-refractivity contribution >= 4 is 23.4 Å². The van der Waals surface area contributed by atoms with E-state index in [9.17, 15) is 9.59 Å². The predicted molar refractivity (Wildman–Crippen MR) is 108 cm³/mol. The average molecular weight is 393 g/mol. The van der Waals surface area contributed by atoms with Gasteiger partial charge in [0.25, 0.3) is 0 Å². The highest BCUT2D eigenvalue weighted by atomic mass is 32.1. The molecule has 3 aromatic rings. The molecule has 1 aliphatic carbocycles. The van der Waals surface area contributed by atoms with Gasteiger partial charge in [-0.2, -0.15) is 0 Å². The van der Waals surface area contributed by atoms with Crippen LogP contribution in [-0.4, -0.2) is 23.8 Å². The largest absolute Gasteiger partial charge is 0.477 e. The number of thiophene rings is 1. The summed E-state index contributed by atoms with van der Waals surface area (Å²) in [7, 11) is 0. The summed E-state index contributed by atoms with van der Waals surface area (Å²) in [5, 5.41) is 11.8. The highest BCUT2D eigenvalue weighted by molar-refractivity contribution is 7.14. The lowest BCUT2D eigenvalue weighted by Gasteiger charge is -2.14. The van der Waals surface area contributed by atoms with Crippen LogP contribution in [0.25, 0.3) is 11.1 Å². The number of rotatable bonds is 5. The van der Waals surface area contributed by atoms with Crippen molar-refractivity contribution in [1.82, 2.24) is 5.32 Å². The molecule has 1 aromatic heterocycles. The lowest BCUT2D eigenvalue weighted by molar-refractivity contribution is 0.0702. The number of hydrogen-bond acceptors (Lipinski definition) is 4. The molecule has 0 saturated carbocycles. The summed E-state index contributed by atoms with van der Waals surface area (Å²) in [4.78, 5) is 24.3. The minimum atomic E-state index is -0.958. The zero-order valence-corrected chi connectivity index (χ0v) is 16.1. The summed E-state index contributed by atoms with van der Waals surface area (Å²) in [6, 6.07) is 18.0. The van der Waals surface area contributed by atoms with E-state index in [0.717, 1.165) is 32.9 Å². The molecule has 0 radical (unpaired) electrons. The molecule has 0 fully saturated rings. The lowest BCUT2D eigenvalue weighted by Crippen LogP contribution is -2.25. The summed E-state index contributed by atoms with van der Waals surface area (Å²) < 4.78 is 5.49. The summed E-state index contributed by atoms with van der Waals surface area (Å²) in [6.45, 7) is 2.34. The Labute approximate surface area is 166 Å². The van der Waals surface area contributed by atoms with Crippen LogP contribution in [0.1, 0.15) is 37.2 Å². The van der Waals surface area contributed by atoms with E-state index in [-0.39, 0.29) is 23.9 Å². The minimum Gasteiger partial charge on any atom is -0.477 e. The summed E-state index contributed by atoms with van der Waals surface area (Å²) >= 11 is 1.16. The number of carboxylic acid groups (broad SMARTS) is 1. The number of fused-ring (bicyclic) bond motifs is 3. The van der Waals surface area contributed by atoms with E-state index >= 15 is 0 Å². The Morgan fingerprint density at radius 3 is 2.25 bits per heavy atom. The van der Waals surface area contributed by atoms with E-state index in [1.165, 1.54) is 11.1 Å². The summed E-state index contributed by atoms with van der Waals surface area (Å²) in [5.74, 6) is -0.944. The van der Waals surface area contributed by atoms with Crippen LogP contribution in [0.2, 0.25) is 0 Å². The smallest absolute Gasteiger partial charge is 0.407 e. The van der Waals surface area contributed by atoms with Gasteiger partial charge in [0.05, 0.1) is 6.54 Å². The molecule has 0 unspecified atom stereocenters. The maximum absolute atomic E-state index is 12.2. The fourth-order valence-electron chi connectivity index (χ4n) is 3.60. The van der Waals surface area contributed by atoms with E-state index in [1.807, 2.05) is 31.2 Å². The van der Waals surface area contributed by atoms with Gasteiger partial charge in [0, 0.05) is 10.8 Å². The maximum atomic E-state index is 12.2. The molecule has 0 saturated heterocycles. The number of aryl methyl sites for hydroxylation is 1. The molecule has 142 valence electrons. The van der Waals surface area contributed by atoms with E-state index < -0.39 is 12.1 Å². The number of benzene rings is 2. The van der Waals surface area contributed by atoms with Gasteiger partial charge in [-0.1, -0.05) is 48.5 Å². The highest BCUT2D eigenvalue weighted by Gasteiger charge is 2.29. The van der Waals surface area contributed by atoms with E-state index in [2.05, 4.69) is 29.6 Å². The Bertz CT molecular complexity index is 1010. The molecule has 6 heteroatoms. The van der Waals surface area contributed by atoms with Gasteiger partial charge in [-0.3, -0.25) is 0 Å². The lowest BCUT2D eigenvalue weighted by atomic mass is 9.98. The molecule has 0 atom stereocenters. The van der Waals surface area contributed by atoms with Crippen molar-refractivity contribution in [2.45, 2.75) is 19.4 Å². The van der Waals surface area contributed by atoms with Crippen molar-refractivity contribution in [2.75, 3.05) is 6.61 Å². The van der Waals surface area contributed by atoms with Gasteiger partial charge in [-0.25, -0.2) is 9.59 Å².